The van der Waals surface area contributed by atoms with Crippen LogP contribution in [0.5, 0.6) is 0 Å². The summed E-state index contributed by atoms with van der Waals surface area (Å²) in [6.45, 7) is 4.33. The van der Waals surface area contributed by atoms with E-state index in [4.69, 9.17) is 0 Å². The second kappa shape index (κ2) is 5.74. The Hall–Kier alpha value is -0.910. The highest BCUT2D eigenvalue weighted by Gasteiger charge is 1.89. The van der Waals surface area contributed by atoms with E-state index in [1.54, 1.807) is 0 Å². The molecule has 1 aromatic carbocycles. The first-order valence-electron chi connectivity index (χ1n) is 4.19. The fourth-order valence-electron chi connectivity index (χ4n) is 1.01. The normalized spacial score (nSPS) is 10.3. The maximum atomic E-state index is 9.19. The molecule has 0 heterocycles. The molecule has 0 bridgehead atoms. The van der Waals surface area contributed by atoms with Gasteiger partial charge in [0.25, 0.3) is 10.2 Å². The molecule has 0 fully saturated rings. The van der Waals surface area contributed by atoms with Gasteiger partial charge in [-0.2, -0.15) is 8.42 Å². The van der Waals surface area contributed by atoms with Crippen molar-refractivity contribution in [3.05, 3.63) is 35.4 Å². The fourth-order valence-corrected chi connectivity index (χ4v) is 1.01. The van der Waals surface area contributed by atoms with E-state index in [-0.39, 0.29) is 0 Å². The Kier molecular flexibility index (Phi) is 5.37. The number of hydrogen-bond acceptors (Lipinski definition) is 2. The SMILES string of the molecule is CCc1ccccc1C.NS(N)(=O)=O. The average molecular weight is 216 g/mol. The first-order valence-corrected chi connectivity index (χ1v) is 5.80. The van der Waals surface area contributed by atoms with Crippen LogP contribution in [0.4, 0.5) is 0 Å². The molecule has 0 atom stereocenters. The second-order valence-electron chi connectivity index (χ2n) is 2.87. The zero-order valence-electron chi connectivity index (χ0n) is 8.40. The molecule has 1 rings (SSSR count). The molecule has 80 valence electrons. The third-order valence-corrected chi connectivity index (χ3v) is 1.64. The van der Waals surface area contributed by atoms with Crippen molar-refractivity contribution in [3.8, 4) is 0 Å². The zero-order chi connectivity index (χ0) is 11.2. The maximum Gasteiger partial charge on any atom is 0.271 e. The van der Waals surface area contributed by atoms with Gasteiger partial charge >= 0.3 is 0 Å². The van der Waals surface area contributed by atoms with Gasteiger partial charge in [-0.1, -0.05) is 31.2 Å². The van der Waals surface area contributed by atoms with Crippen molar-refractivity contribution in [3.63, 3.8) is 0 Å². The van der Waals surface area contributed by atoms with Gasteiger partial charge in [-0.25, -0.2) is 10.3 Å². The number of nitrogens with two attached hydrogens (primary N) is 2. The molecule has 0 aliphatic heterocycles. The van der Waals surface area contributed by atoms with Crippen molar-refractivity contribution in [1.29, 1.82) is 0 Å². The van der Waals surface area contributed by atoms with Crippen LogP contribution < -0.4 is 10.3 Å². The summed E-state index contributed by atoms with van der Waals surface area (Å²) in [5.74, 6) is 0. The van der Waals surface area contributed by atoms with Crippen molar-refractivity contribution >= 4 is 10.2 Å². The van der Waals surface area contributed by atoms with Crippen LogP contribution in [-0.4, -0.2) is 8.42 Å². The second-order valence-corrected chi connectivity index (χ2v) is 4.05. The first kappa shape index (κ1) is 13.1. The van der Waals surface area contributed by atoms with Gasteiger partial charge in [0.15, 0.2) is 0 Å². The summed E-state index contributed by atoms with van der Waals surface area (Å²) in [5, 5.41) is 8.21. The molecular formula is C9H16N2O2S. The highest BCUT2D eigenvalue weighted by molar-refractivity contribution is 7.86. The molecule has 0 saturated carbocycles. The van der Waals surface area contributed by atoms with E-state index in [1.807, 2.05) is 0 Å². The molecule has 0 amide bonds. The van der Waals surface area contributed by atoms with Gasteiger partial charge in [-0.05, 0) is 24.5 Å². The topological polar surface area (TPSA) is 86.2 Å². The van der Waals surface area contributed by atoms with E-state index in [9.17, 15) is 8.42 Å². The fraction of sp³-hybridized carbons (Fsp3) is 0.333. The summed E-state index contributed by atoms with van der Waals surface area (Å²) in [6, 6.07) is 8.49. The van der Waals surface area contributed by atoms with Gasteiger partial charge in [-0.15, -0.1) is 0 Å². The molecule has 14 heavy (non-hydrogen) atoms. The minimum Gasteiger partial charge on any atom is -0.216 e. The highest BCUT2D eigenvalue weighted by atomic mass is 32.2. The minimum absolute atomic E-state index is 1.15. The van der Waals surface area contributed by atoms with Crippen LogP contribution in [0, 0.1) is 6.92 Å². The summed E-state index contributed by atoms with van der Waals surface area (Å²) < 4.78 is 18.4. The van der Waals surface area contributed by atoms with Crippen LogP contribution in [0.1, 0.15) is 18.1 Å². The summed E-state index contributed by atoms with van der Waals surface area (Å²) in [4.78, 5) is 0. The van der Waals surface area contributed by atoms with Crippen molar-refractivity contribution < 1.29 is 8.42 Å². The van der Waals surface area contributed by atoms with Crippen molar-refractivity contribution in [2.45, 2.75) is 20.3 Å². The lowest BCUT2D eigenvalue weighted by Gasteiger charge is -1.98. The van der Waals surface area contributed by atoms with Crippen LogP contribution in [0.15, 0.2) is 24.3 Å². The Balaban J connectivity index is 0.000000292. The maximum absolute atomic E-state index is 9.19. The van der Waals surface area contributed by atoms with E-state index in [1.165, 1.54) is 11.1 Å². The van der Waals surface area contributed by atoms with Crippen LogP contribution in [0.3, 0.4) is 0 Å². The van der Waals surface area contributed by atoms with Crippen molar-refractivity contribution in [2.75, 3.05) is 0 Å². The molecule has 4 nitrogen and oxygen atoms in total. The van der Waals surface area contributed by atoms with Crippen molar-refractivity contribution in [2.24, 2.45) is 10.3 Å². The Bertz CT molecular complexity index is 366. The molecule has 0 aromatic heterocycles. The van der Waals surface area contributed by atoms with Crippen molar-refractivity contribution in [1.82, 2.24) is 0 Å². The van der Waals surface area contributed by atoms with E-state index in [0.717, 1.165) is 6.42 Å². The smallest absolute Gasteiger partial charge is 0.216 e. The molecule has 0 spiro atoms. The number of aryl methyl sites for hydroxylation is 2. The largest absolute Gasteiger partial charge is 0.271 e. The molecule has 4 N–H and O–H groups in total. The molecule has 0 aliphatic carbocycles. The molecule has 0 radical (unpaired) electrons. The van der Waals surface area contributed by atoms with Gasteiger partial charge in [-0.3, -0.25) is 0 Å². The lowest BCUT2D eigenvalue weighted by Crippen LogP contribution is -2.21. The third-order valence-electron chi connectivity index (χ3n) is 1.64. The van der Waals surface area contributed by atoms with Gasteiger partial charge in [0.2, 0.25) is 0 Å². The molecule has 1 aromatic rings. The van der Waals surface area contributed by atoms with E-state index < -0.39 is 10.2 Å². The summed E-state index contributed by atoms with van der Waals surface area (Å²) in [7, 11) is -3.67. The summed E-state index contributed by atoms with van der Waals surface area (Å²) in [6.07, 6.45) is 1.15. The van der Waals surface area contributed by atoms with Crippen LogP contribution in [0.25, 0.3) is 0 Å². The van der Waals surface area contributed by atoms with E-state index in [2.05, 4.69) is 48.4 Å². The van der Waals surface area contributed by atoms with Gasteiger partial charge < -0.3 is 0 Å². The number of rotatable bonds is 1. The Morgan fingerprint density at radius 1 is 1.21 bits per heavy atom. The van der Waals surface area contributed by atoms with E-state index in [0.29, 0.717) is 0 Å². The van der Waals surface area contributed by atoms with Crippen LogP contribution >= 0.6 is 0 Å². The highest BCUT2D eigenvalue weighted by Crippen LogP contribution is 2.06. The monoisotopic (exact) mass is 216 g/mol. The molecule has 0 saturated heterocycles. The number of benzene rings is 1. The minimum atomic E-state index is -3.67. The standard InChI is InChI=1S/C9H12.H4N2O2S/c1-3-9-7-5-4-6-8(9)2;1-5(2,3)4/h4-7H,3H2,1-2H3;(H4,1,2,3,4). The molecule has 5 heteroatoms. The van der Waals surface area contributed by atoms with Gasteiger partial charge in [0.1, 0.15) is 0 Å². The van der Waals surface area contributed by atoms with E-state index >= 15 is 0 Å². The summed E-state index contributed by atoms with van der Waals surface area (Å²) >= 11 is 0. The zero-order valence-corrected chi connectivity index (χ0v) is 9.21. The Morgan fingerprint density at radius 2 is 1.64 bits per heavy atom. The predicted molar refractivity (Wildman–Crippen MR) is 57.9 cm³/mol. The predicted octanol–water partition coefficient (Wildman–Crippen LogP) is 0.706. The van der Waals surface area contributed by atoms with Crippen LogP contribution in [-0.2, 0) is 16.6 Å². The van der Waals surface area contributed by atoms with Crippen LogP contribution in [0.2, 0.25) is 0 Å². The molecular weight excluding hydrogens is 200 g/mol. The third kappa shape index (κ3) is 7.72. The summed E-state index contributed by atoms with van der Waals surface area (Å²) in [5.41, 5.74) is 2.86. The lowest BCUT2D eigenvalue weighted by molar-refractivity contribution is 0.599. The average Bonchev–Trinajstić information content (AvgIpc) is 2.02. The van der Waals surface area contributed by atoms with Gasteiger partial charge in [0, 0.05) is 0 Å². The molecule has 0 unspecified atom stereocenters. The molecule has 0 aliphatic rings. The Morgan fingerprint density at radius 3 is 1.93 bits per heavy atom. The Labute approximate surface area is 85.1 Å². The number of hydrogen-bond donors (Lipinski definition) is 2. The quantitative estimate of drug-likeness (QED) is 0.724. The van der Waals surface area contributed by atoms with Gasteiger partial charge in [0.05, 0.1) is 0 Å². The first-order chi connectivity index (χ1) is 6.34. The lowest BCUT2D eigenvalue weighted by atomic mass is 10.1.